The second-order valence-corrected chi connectivity index (χ2v) is 5.28. The van der Waals surface area contributed by atoms with Gasteiger partial charge in [-0.25, -0.2) is 0 Å². The van der Waals surface area contributed by atoms with E-state index >= 15 is 0 Å². The zero-order valence-electron chi connectivity index (χ0n) is 7.99. The van der Waals surface area contributed by atoms with Crippen LogP contribution in [0.25, 0.3) is 10.1 Å². The van der Waals surface area contributed by atoms with Gasteiger partial charge in [-0.1, -0.05) is 6.07 Å². The minimum atomic E-state index is 1.11. The summed E-state index contributed by atoms with van der Waals surface area (Å²) in [7, 11) is 0. The van der Waals surface area contributed by atoms with Gasteiger partial charge in [-0.2, -0.15) is 0 Å². The second kappa shape index (κ2) is 3.17. The molecule has 0 spiro atoms. The first-order valence-corrected chi connectivity index (χ1v) is 6.64. The Labute approximate surface area is 91.7 Å². The molecule has 72 valence electrons. The Morgan fingerprint density at radius 2 is 2.29 bits per heavy atom. The molecular formula is C11H11NS2. The highest BCUT2D eigenvalue weighted by Gasteiger charge is 2.21. The van der Waals surface area contributed by atoms with Crippen LogP contribution in [0.2, 0.25) is 0 Å². The van der Waals surface area contributed by atoms with Crippen molar-refractivity contribution >= 4 is 38.9 Å². The Bertz CT molecular complexity index is 475. The molecule has 0 saturated carbocycles. The molecule has 3 heteroatoms. The van der Waals surface area contributed by atoms with E-state index < -0.39 is 0 Å². The summed E-state index contributed by atoms with van der Waals surface area (Å²) >= 11 is 3.81. The van der Waals surface area contributed by atoms with Crippen LogP contribution >= 0.6 is 23.1 Å². The lowest BCUT2D eigenvalue weighted by atomic mass is 10.2. The van der Waals surface area contributed by atoms with Gasteiger partial charge in [0.05, 0.1) is 16.3 Å². The van der Waals surface area contributed by atoms with Crippen LogP contribution in [0.5, 0.6) is 0 Å². The van der Waals surface area contributed by atoms with Gasteiger partial charge in [-0.05, 0) is 29.8 Å². The molecule has 0 amide bonds. The highest BCUT2D eigenvalue weighted by Crippen LogP contribution is 2.44. The largest absolute Gasteiger partial charge is 0.360 e. The van der Waals surface area contributed by atoms with Crippen molar-refractivity contribution in [3.05, 3.63) is 23.6 Å². The molecule has 1 aromatic carbocycles. The predicted octanol–water partition coefficient (Wildman–Crippen LogP) is 3.79. The van der Waals surface area contributed by atoms with Crippen LogP contribution in [0.3, 0.4) is 0 Å². The predicted molar refractivity (Wildman–Crippen MR) is 65.6 cm³/mol. The molecule has 0 unspecified atom stereocenters. The standard InChI is InChI=1S/C11H11NS2/c1-2-12-7-14-9-4-3-8-5-6-13-11(8)10(9)12/h3-6H,2,7H2,1H3. The maximum absolute atomic E-state index is 2.46. The van der Waals surface area contributed by atoms with E-state index in [1.807, 2.05) is 23.1 Å². The van der Waals surface area contributed by atoms with Gasteiger partial charge in [0.25, 0.3) is 0 Å². The van der Waals surface area contributed by atoms with Crippen molar-refractivity contribution in [2.24, 2.45) is 0 Å². The van der Waals surface area contributed by atoms with Crippen molar-refractivity contribution in [1.82, 2.24) is 0 Å². The third kappa shape index (κ3) is 1.09. The lowest BCUT2D eigenvalue weighted by Crippen LogP contribution is -2.17. The van der Waals surface area contributed by atoms with E-state index in [0.29, 0.717) is 0 Å². The summed E-state index contributed by atoms with van der Waals surface area (Å²) in [6.45, 7) is 3.33. The number of nitrogens with zero attached hydrogens (tertiary/aromatic N) is 1. The molecule has 2 heterocycles. The fourth-order valence-electron chi connectivity index (χ4n) is 1.88. The van der Waals surface area contributed by atoms with Gasteiger partial charge in [0, 0.05) is 11.4 Å². The van der Waals surface area contributed by atoms with Crippen LogP contribution in [0.1, 0.15) is 6.92 Å². The quantitative estimate of drug-likeness (QED) is 0.720. The van der Waals surface area contributed by atoms with Crippen LogP contribution in [-0.2, 0) is 0 Å². The molecule has 0 fully saturated rings. The molecule has 0 aliphatic carbocycles. The van der Waals surface area contributed by atoms with E-state index in [1.54, 1.807) is 0 Å². The van der Waals surface area contributed by atoms with Crippen LogP contribution in [-0.4, -0.2) is 12.4 Å². The molecule has 0 radical (unpaired) electrons. The maximum Gasteiger partial charge on any atom is 0.0693 e. The number of fused-ring (bicyclic) bond motifs is 3. The molecule has 1 aromatic heterocycles. The van der Waals surface area contributed by atoms with Crippen LogP contribution < -0.4 is 4.90 Å². The number of thioether (sulfide) groups is 1. The molecule has 1 aliphatic heterocycles. The van der Waals surface area contributed by atoms with Crippen molar-refractivity contribution < 1.29 is 0 Å². The molecule has 14 heavy (non-hydrogen) atoms. The molecule has 0 N–H and O–H groups in total. The minimum absolute atomic E-state index is 1.11. The maximum atomic E-state index is 2.46. The molecule has 2 aromatic rings. The Hall–Kier alpha value is -0.670. The summed E-state index contributed by atoms with van der Waals surface area (Å²) in [6.07, 6.45) is 0. The Balaban J connectivity index is 2.32. The molecule has 1 nitrogen and oxygen atoms in total. The van der Waals surface area contributed by atoms with Crippen LogP contribution in [0, 0.1) is 0 Å². The fraction of sp³-hybridized carbons (Fsp3) is 0.273. The molecule has 0 saturated heterocycles. The number of hydrogen-bond acceptors (Lipinski definition) is 3. The highest BCUT2D eigenvalue weighted by atomic mass is 32.2. The molecular weight excluding hydrogens is 210 g/mol. The Kier molecular flexibility index (Phi) is 1.96. The fourth-order valence-corrected chi connectivity index (χ4v) is 4.05. The lowest BCUT2D eigenvalue weighted by Gasteiger charge is -2.15. The number of rotatable bonds is 1. The van der Waals surface area contributed by atoms with Gasteiger partial charge in [0.1, 0.15) is 0 Å². The van der Waals surface area contributed by atoms with Gasteiger partial charge in [-0.3, -0.25) is 0 Å². The SMILES string of the molecule is CCN1CSc2ccc3ccsc3c21. The number of hydrogen-bond donors (Lipinski definition) is 0. The molecule has 1 aliphatic rings. The van der Waals surface area contributed by atoms with E-state index in [0.717, 1.165) is 12.4 Å². The van der Waals surface area contributed by atoms with Gasteiger partial charge in [0.15, 0.2) is 0 Å². The monoisotopic (exact) mass is 221 g/mol. The van der Waals surface area contributed by atoms with E-state index in [4.69, 9.17) is 0 Å². The minimum Gasteiger partial charge on any atom is -0.360 e. The van der Waals surface area contributed by atoms with E-state index in [9.17, 15) is 0 Å². The van der Waals surface area contributed by atoms with Gasteiger partial charge >= 0.3 is 0 Å². The topological polar surface area (TPSA) is 3.24 Å². The average Bonchev–Trinajstić information content (AvgIpc) is 2.82. The van der Waals surface area contributed by atoms with Gasteiger partial charge in [-0.15, -0.1) is 23.1 Å². The highest BCUT2D eigenvalue weighted by molar-refractivity contribution is 7.99. The van der Waals surface area contributed by atoms with E-state index in [1.165, 1.54) is 20.7 Å². The third-order valence-corrected chi connectivity index (χ3v) is 4.65. The zero-order valence-corrected chi connectivity index (χ0v) is 9.62. The number of anilines is 1. The lowest BCUT2D eigenvalue weighted by molar-refractivity contribution is 0.958. The van der Waals surface area contributed by atoms with E-state index in [-0.39, 0.29) is 0 Å². The van der Waals surface area contributed by atoms with Gasteiger partial charge in [0.2, 0.25) is 0 Å². The molecule has 0 bridgehead atoms. The summed E-state index contributed by atoms with van der Waals surface area (Å²) in [6, 6.07) is 6.69. The summed E-state index contributed by atoms with van der Waals surface area (Å²) in [4.78, 5) is 3.90. The summed E-state index contributed by atoms with van der Waals surface area (Å²) in [5.74, 6) is 1.11. The molecule has 3 rings (SSSR count). The first kappa shape index (κ1) is 8.62. The number of benzene rings is 1. The first-order chi connectivity index (χ1) is 6.90. The Morgan fingerprint density at radius 1 is 1.36 bits per heavy atom. The molecule has 0 atom stereocenters. The van der Waals surface area contributed by atoms with Crippen molar-refractivity contribution in [2.45, 2.75) is 11.8 Å². The normalized spacial score (nSPS) is 15.1. The zero-order chi connectivity index (χ0) is 9.54. The van der Waals surface area contributed by atoms with Crippen molar-refractivity contribution in [3.63, 3.8) is 0 Å². The van der Waals surface area contributed by atoms with E-state index in [2.05, 4.69) is 35.4 Å². The smallest absolute Gasteiger partial charge is 0.0693 e. The summed E-state index contributed by atoms with van der Waals surface area (Å²) in [5, 5.41) is 3.57. The van der Waals surface area contributed by atoms with Crippen molar-refractivity contribution in [1.29, 1.82) is 0 Å². The summed E-state index contributed by atoms with van der Waals surface area (Å²) in [5.41, 5.74) is 1.46. The summed E-state index contributed by atoms with van der Waals surface area (Å²) < 4.78 is 1.45. The number of thiophene rings is 1. The first-order valence-electron chi connectivity index (χ1n) is 4.78. The van der Waals surface area contributed by atoms with Crippen molar-refractivity contribution in [3.8, 4) is 0 Å². The Morgan fingerprint density at radius 3 is 3.14 bits per heavy atom. The third-order valence-electron chi connectivity index (χ3n) is 2.63. The average molecular weight is 221 g/mol. The van der Waals surface area contributed by atoms with Crippen molar-refractivity contribution in [2.75, 3.05) is 17.3 Å². The van der Waals surface area contributed by atoms with Gasteiger partial charge < -0.3 is 4.90 Å². The second-order valence-electron chi connectivity index (χ2n) is 3.38. The van der Waals surface area contributed by atoms with Crippen LogP contribution in [0.4, 0.5) is 5.69 Å². The van der Waals surface area contributed by atoms with Crippen LogP contribution in [0.15, 0.2) is 28.5 Å².